The smallest absolute Gasteiger partial charge is 0.274 e. The highest BCUT2D eigenvalue weighted by Crippen LogP contribution is 2.31. The number of hydroxylamine groups is 2. The molecule has 0 spiro atoms. The van der Waals surface area contributed by atoms with Crippen molar-refractivity contribution >= 4 is 27.3 Å². The van der Waals surface area contributed by atoms with E-state index < -0.39 is 0 Å². The van der Waals surface area contributed by atoms with Crippen LogP contribution < -0.4 is 0 Å². The molecule has 0 atom stereocenters. The van der Waals surface area contributed by atoms with Gasteiger partial charge in [0.15, 0.2) is 0 Å². The molecule has 5 heteroatoms. The van der Waals surface area contributed by atoms with Crippen molar-refractivity contribution in [2.75, 3.05) is 14.2 Å². The first-order valence-electron chi connectivity index (χ1n) is 5.05. The molecule has 0 fully saturated rings. The van der Waals surface area contributed by atoms with Crippen molar-refractivity contribution in [3.8, 4) is 0 Å². The summed E-state index contributed by atoms with van der Waals surface area (Å²) in [5.74, 6) is -0.510. The summed E-state index contributed by atoms with van der Waals surface area (Å²) < 4.78 is 14.0. The fraction of sp³-hybridized carbons (Fsp3) is 0.250. The number of amides is 1. The molecule has 2 rings (SSSR count). The highest BCUT2D eigenvalue weighted by molar-refractivity contribution is 7.21. The summed E-state index contributed by atoms with van der Waals surface area (Å²) in [6.45, 7) is 1.81. The predicted octanol–water partition coefficient (Wildman–Crippen LogP) is 2.98. The van der Waals surface area contributed by atoms with Gasteiger partial charge in [0.1, 0.15) is 5.82 Å². The molecule has 0 saturated heterocycles. The first-order chi connectivity index (χ1) is 8.04. The monoisotopic (exact) mass is 253 g/mol. The molecule has 0 aliphatic rings. The molecule has 0 aliphatic carbocycles. The van der Waals surface area contributed by atoms with E-state index in [1.165, 1.54) is 30.6 Å². The number of rotatable bonds is 2. The van der Waals surface area contributed by atoms with Crippen LogP contribution >= 0.6 is 11.3 Å². The number of hydrogen-bond acceptors (Lipinski definition) is 3. The SMILES string of the molecule is CON(C)C(=O)c1sc2ccc(F)cc2c1C. The lowest BCUT2D eigenvalue weighted by atomic mass is 10.1. The quantitative estimate of drug-likeness (QED) is 0.770. The molecular weight excluding hydrogens is 241 g/mol. The van der Waals surface area contributed by atoms with Crippen molar-refractivity contribution in [2.45, 2.75) is 6.92 Å². The summed E-state index contributed by atoms with van der Waals surface area (Å²) in [7, 11) is 2.98. The zero-order valence-corrected chi connectivity index (χ0v) is 10.6. The van der Waals surface area contributed by atoms with Crippen LogP contribution in [0.25, 0.3) is 10.1 Å². The second-order valence-electron chi connectivity index (χ2n) is 3.68. The van der Waals surface area contributed by atoms with E-state index >= 15 is 0 Å². The van der Waals surface area contributed by atoms with E-state index in [0.717, 1.165) is 20.7 Å². The zero-order valence-electron chi connectivity index (χ0n) is 9.78. The molecule has 0 radical (unpaired) electrons. The Morgan fingerprint density at radius 2 is 2.18 bits per heavy atom. The number of nitrogens with zero attached hydrogens (tertiary/aromatic N) is 1. The summed E-state index contributed by atoms with van der Waals surface area (Å²) in [4.78, 5) is 17.4. The zero-order chi connectivity index (χ0) is 12.6. The van der Waals surface area contributed by atoms with Gasteiger partial charge in [-0.25, -0.2) is 9.45 Å². The summed E-state index contributed by atoms with van der Waals surface area (Å²) in [5, 5.41) is 1.94. The van der Waals surface area contributed by atoms with Crippen LogP contribution in [0, 0.1) is 12.7 Å². The normalized spacial score (nSPS) is 10.8. The molecule has 3 nitrogen and oxygen atoms in total. The first-order valence-corrected chi connectivity index (χ1v) is 5.87. The fourth-order valence-electron chi connectivity index (χ4n) is 1.62. The number of fused-ring (bicyclic) bond motifs is 1. The third-order valence-electron chi connectivity index (χ3n) is 2.65. The van der Waals surface area contributed by atoms with E-state index in [2.05, 4.69) is 0 Å². The van der Waals surface area contributed by atoms with Crippen LogP contribution in [0.4, 0.5) is 4.39 Å². The summed E-state index contributed by atoms with van der Waals surface area (Å²) >= 11 is 1.35. The second-order valence-corrected chi connectivity index (χ2v) is 4.73. The number of hydrogen-bond donors (Lipinski definition) is 0. The molecule has 1 aromatic heterocycles. The average molecular weight is 253 g/mol. The third kappa shape index (κ3) is 2.03. The maximum atomic E-state index is 13.1. The van der Waals surface area contributed by atoms with Crippen molar-refractivity contribution in [2.24, 2.45) is 0 Å². The van der Waals surface area contributed by atoms with Gasteiger partial charge in [-0.2, -0.15) is 0 Å². The number of thiophene rings is 1. The van der Waals surface area contributed by atoms with Crippen LogP contribution in [0.1, 0.15) is 15.2 Å². The topological polar surface area (TPSA) is 29.5 Å². The second kappa shape index (κ2) is 4.43. The van der Waals surface area contributed by atoms with Gasteiger partial charge in [-0.15, -0.1) is 11.3 Å². The van der Waals surface area contributed by atoms with E-state index in [1.54, 1.807) is 13.1 Å². The van der Waals surface area contributed by atoms with Gasteiger partial charge in [-0.1, -0.05) is 0 Å². The minimum absolute atomic E-state index is 0.216. The lowest BCUT2D eigenvalue weighted by Crippen LogP contribution is -2.25. The van der Waals surface area contributed by atoms with Crippen LogP contribution in [-0.4, -0.2) is 25.1 Å². The van der Waals surface area contributed by atoms with Gasteiger partial charge in [0.25, 0.3) is 5.91 Å². The van der Waals surface area contributed by atoms with E-state index in [0.29, 0.717) is 4.88 Å². The van der Waals surface area contributed by atoms with Gasteiger partial charge >= 0.3 is 0 Å². The van der Waals surface area contributed by atoms with E-state index in [-0.39, 0.29) is 11.7 Å². The highest BCUT2D eigenvalue weighted by atomic mass is 32.1. The number of carbonyl (C=O) groups excluding carboxylic acids is 1. The highest BCUT2D eigenvalue weighted by Gasteiger charge is 2.19. The number of halogens is 1. The van der Waals surface area contributed by atoms with Crippen molar-refractivity contribution in [1.82, 2.24) is 5.06 Å². The van der Waals surface area contributed by atoms with Gasteiger partial charge < -0.3 is 0 Å². The van der Waals surface area contributed by atoms with E-state index in [1.807, 2.05) is 6.92 Å². The van der Waals surface area contributed by atoms with Crippen LogP contribution in [0.15, 0.2) is 18.2 Å². The van der Waals surface area contributed by atoms with Crippen LogP contribution in [-0.2, 0) is 4.84 Å². The summed E-state index contributed by atoms with van der Waals surface area (Å²) in [5.41, 5.74) is 0.790. The third-order valence-corrected chi connectivity index (χ3v) is 3.91. The Bertz CT molecular complexity index is 579. The van der Waals surface area contributed by atoms with Crippen LogP contribution in [0.3, 0.4) is 0 Å². The Morgan fingerprint density at radius 1 is 1.47 bits per heavy atom. The van der Waals surface area contributed by atoms with Gasteiger partial charge in [0.05, 0.1) is 12.0 Å². The Labute approximate surface area is 102 Å². The van der Waals surface area contributed by atoms with Crippen molar-refractivity contribution in [3.63, 3.8) is 0 Å². The molecule has 1 aromatic carbocycles. The van der Waals surface area contributed by atoms with Gasteiger partial charge in [0.2, 0.25) is 0 Å². The number of aryl methyl sites for hydroxylation is 1. The molecule has 0 unspecified atom stereocenters. The lowest BCUT2D eigenvalue weighted by Gasteiger charge is -2.12. The minimum atomic E-state index is -0.294. The maximum absolute atomic E-state index is 13.1. The maximum Gasteiger partial charge on any atom is 0.287 e. The number of carbonyl (C=O) groups is 1. The number of benzene rings is 1. The molecule has 1 amide bonds. The Balaban J connectivity index is 2.56. The standard InChI is InChI=1S/C12H12FNO2S/c1-7-9-6-8(13)4-5-10(9)17-11(7)12(15)14(2)16-3/h4-6H,1-3H3. The van der Waals surface area contributed by atoms with Gasteiger partial charge in [-0.3, -0.25) is 9.63 Å². The Morgan fingerprint density at radius 3 is 2.82 bits per heavy atom. The first kappa shape index (κ1) is 12.0. The fourth-order valence-corrected chi connectivity index (χ4v) is 2.78. The average Bonchev–Trinajstić information content (AvgIpc) is 2.65. The van der Waals surface area contributed by atoms with Crippen molar-refractivity contribution in [3.05, 3.63) is 34.5 Å². The molecular formula is C12H12FNO2S. The minimum Gasteiger partial charge on any atom is -0.274 e. The molecule has 90 valence electrons. The van der Waals surface area contributed by atoms with Crippen molar-refractivity contribution < 1.29 is 14.0 Å². The van der Waals surface area contributed by atoms with Crippen LogP contribution in [0.2, 0.25) is 0 Å². The predicted molar refractivity (Wildman–Crippen MR) is 65.6 cm³/mol. The Hall–Kier alpha value is -1.46. The molecule has 0 aliphatic heterocycles. The molecule has 0 bridgehead atoms. The molecule has 0 N–H and O–H groups in total. The summed E-state index contributed by atoms with van der Waals surface area (Å²) in [6, 6.07) is 4.53. The van der Waals surface area contributed by atoms with E-state index in [4.69, 9.17) is 4.84 Å². The van der Waals surface area contributed by atoms with Gasteiger partial charge in [-0.05, 0) is 36.1 Å². The van der Waals surface area contributed by atoms with E-state index in [9.17, 15) is 9.18 Å². The van der Waals surface area contributed by atoms with Crippen molar-refractivity contribution in [1.29, 1.82) is 0 Å². The largest absolute Gasteiger partial charge is 0.287 e. The molecule has 2 aromatic rings. The molecule has 17 heavy (non-hydrogen) atoms. The van der Waals surface area contributed by atoms with Crippen LogP contribution in [0.5, 0.6) is 0 Å². The van der Waals surface area contributed by atoms with Gasteiger partial charge in [0, 0.05) is 11.7 Å². The summed E-state index contributed by atoms with van der Waals surface area (Å²) in [6.07, 6.45) is 0. The Kier molecular flexibility index (Phi) is 3.13. The lowest BCUT2D eigenvalue weighted by molar-refractivity contribution is -0.0754. The molecule has 1 heterocycles. The molecule has 0 saturated carbocycles.